The molecule has 0 radical (unpaired) electrons. The molecule has 0 saturated carbocycles. The van der Waals surface area contributed by atoms with Crippen molar-refractivity contribution < 1.29 is 23.0 Å². The van der Waals surface area contributed by atoms with Gasteiger partial charge >= 0.3 is 5.97 Å². The zero-order chi connectivity index (χ0) is 13.0. The highest BCUT2D eigenvalue weighted by atomic mass is 19.3. The monoisotopic (exact) mass is 242 g/mol. The Morgan fingerprint density at radius 2 is 2.18 bits per heavy atom. The van der Waals surface area contributed by atoms with E-state index in [1.165, 1.54) is 7.11 Å². The molecule has 1 rings (SSSR count). The topological polar surface area (TPSA) is 72.2 Å². The minimum atomic E-state index is -2.93. The van der Waals surface area contributed by atoms with Crippen molar-refractivity contribution >= 4 is 5.97 Å². The van der Waals surface area contributed by atoms with Gasteiger partial charge in [-0.3, -0.25) is 0 Å². The molecule has 17 heavy (non-hydrogen) atoms. The van der Waals surface area contributed by atoms with Crippen LogP contribution in [0.3, 0.4) is 0 Å². The second-order valence-electron chi connectivity index (χ2n) is 2.88. The number of hydrogen-bond donors (Lipinski definition) is 0. The van der Waals surface area contributed by atoms with E-state index in [4.69, 9.17) is 10.00 Å². The predicted octanol–water partition coefficient (Wildman–Crippen LogP) is 1.69. The number of methoxy groups -OCH3 is 2. The molecule has 0 spiro atoms. The number of nitrogens with zero attached hydrogens (tertiary/aromatic N) is 2. The summed E-state index contributed by atoms with van der Waals surface area (Å²) >= 11 is 0. The van der Waals surface area contributed by atoms with Crippen LogP contribution in [0.15, 0.2) is 6.07 Å². The summed E-state index contributed by atoms with van der Waals surface area (Å²) in [6.45, 7) is 0. The van der Waals surface area contributed by atoms with Crippen LogP contribution in [0.4, 0.5) is 8.78 Å². The van der Waals surface area contributed by atoms with Crippen LogP contribution in [-0.4, -0.2) is 25.2 Å². The molecule has 0 unspecified atom stereocenters. The Bertz CT molecular complexity index is 483. The van der Waals surface area contributed by atoms with Gasteiger partial charge in [0.25, 0.3) is 6.43 Å². The molecule has 0 saturated heterocycles. The molecule has 1 aromatic rings. The van der Waals surface area contributed by atoms with E-state index in [1.54, 1.807) is 6.07 Å². The minimum Gasteiger partial charge on any atom is -0.480 e. The highest BCUT2D eigenvalue weighted by Gasteiger charge is 2.22. The molecule has 7 heteroatoms. The summed E-state index contributed by atoms with van der Waals surface area (Å²) in [6, 6.07) is 2.51. The van der Waals surface area contributed by atoms with Crippen LogP contribution in [0, 0.1) is 11.3 Å². The molecule has 0 aliphatic heterocycles. The largest absolute Gasteiger partial charge is 0.480 e. The van der Waals surface area contributed by atoms with Gasteiger partial charge in [0, 0.05) is 0 Å². The van der Waals surface area contributed by atoms with Crippen molar-refractivity contribution in [2.45, 2.75) is 6.43 Å². The van der Waals surface area contributed by atoms with Gasteiger partial charge in [0.2, 0.25) is 5.88 Å². The number of pyridine rings is 1. The Kier molecular flexibility index (Phi) is 3.93. The molecular weight excluding hydrogens is 234 g/mol. The van der Waals surface area contributed by atoms with E-state index in [0.717, 1.165) is 13.2 Å². The average Bonchev–Trinajstić information content (AvgIpc) is 2.35. The van der Waals surface area contributed by atoms with Crippen LogP contribution in [-0.2, 0) is 4.74 Å². The van der Waals surface area contributed by atoms with Crippen molar-refractivity contribution in [3.05, 3.63) is 22.9 Å². The number of hydrogen-bond acceptors (Lipinski definition) is 5. The minimum absolute atomic E-state index is 0.170. The van der Waals surface area contributed by atoms with Gasteiger partial charge in [-0.25, -0.2) is 18.6 Å². The lowest BCUT2D eigenvalue weighted by molar-refractivity contribution is 0.0595. The zero-order valence-electron chi connectivity index (χ0n) is 9.03. The number of esters is 1. The summed E-state index contributed by atoms with van der Waals surface area (Å²) in [7, 11) is 2.30. The van der Waals surface area contributed by atoms with Crippen LogP contribution in [0.25, 0.3) is 0 Å². The molecule has 1 heterocycles. The highest BCUT2D eigenvalue weighted by Crippen LogP contribution is 2.26. The lowest BCUT2D eigenvalue weighted by atomic mass is 10.1. The van der Waals surface area contributed by atoms with Gasteiger partial charge in [0.1, 0.15) is 17.3 Å². The first-order valence-corrected chi connectivity index (χ1v) is 4.40. The van der Waals surface area contributed by atoms with E-state index >= 15 is 0 Å². The number of carbonyl (C=O) groups excluding carboxylic acids is 1. The quantitative estimate of drug-likeness (QED) is 0.754. The molecule has 0 N–H and O–H groups in total. The molecule has 0 fully saturated rings. The van der Waals surface area contributed by atoms with Crippen LogP contribution in [0.5, 0.6) is 5.88 Å². The van der Waals surface area contributed by atoms with Crippen LogP contribution in [0.2, 0.25) is 0 Å². The average molecular weight is 242 g/mol. The standard InChI is InChI=1S/C10H8F2N2O3/c1-16-9-6(10(15)17-2)3-5(4-13)7(14-9)8(11)12/h3,8H,1-2H3. The van der Waals surface area contributed by atoms with E-state index in [2.05, 4.69) is 9.72 Å². The lowest BCUT2D eigenvalue weighted by Crippen LogP contribution is -2.09. The van der Waals surface area contributed by atoms with Gasteiger partial charge in [-0.1, -0.05) is 0 Å². The fraction of sp³-hybridized carbons (Fsp3) is 0.300. The fourth-order valence-corrected chi connectivity index (χ4v) is 1.18. The van der Waals surface area contributed by atoms with Crippen LogP contribution >= 0.6 is 0 Å². The number of aromatic nitrogens is 1. The number of nitriles is 1. The highest BCUT2D eigenvalue weighted by molar-refractivity contribution is 5.92. The first-order valence-electron chi connectivity index (χ1n) is 4.40. The second-order valence-corrected chi connectivity index (χ2v) is 2.88. The smallest absolute Gasteiger partial charge is 0.343 e. The van der Waals surface area contributed by atoms with Gasteiger partial charge in [-0.05, 0) is 6.07 Å². The molecular formula is C10H8F2N2O3. The van der Waals surface area contributed by atoms with E-state index in [9.17, 15) is 13.6 Å². The van der Waals surface area contributed by atoms with Crippen molar-refractivity contribution in [1.82, 2.24) is 4.98 Å². The second kappa shape index (κ2) is 5.21. The normalized spacial score (nSPS) is 9.88. The molecule has 0 aliphatic rings. The molecule has 0 aromatic carbocycles. The lowest BCUT2D eigenvalue weighted by Gasteiger charge is -2.09. The molecule has 90 valence electrons. The zero-order valence-corrected chi connectivity index (χ0v) is 9.03. The predicted molar refractivity (Wildman–Crippen MR) is 51.8 cm³/mol. The first-order chi connectivity index (χ1) is 8.04. The number of carbonyl (C=O) groups is 1. The maximum absolute atomic E-state index is 12.6. The molecule has 0 bridgehead atoms. The molecule has 1 aromatic heterocycles. The summed E-state index contributed by atoms with van der Waals surface area (Å²) in [5.74, 6) is -1.11. The van der Waals surface area contributed by atoms with Crippen LogP contribution < -0.4 is 4.74 Å². The van der Waals surface area contributed by atoms with Crippen molar-refractivity contribution in [3.63, 3.8) is 0 Å². The Labute approximate surface area is 95.6 Å². The van der Waals surface area contributed by atoms with Gasteiger partial charge in [0.05, 0.1) is 19.8 Å². The third-order valence-electron chi connectivity index (χ3n) is 1.94. The Balaban J connectivity index is 3.44. The summed E-state index contributed by atoms with van der Waals surface area (Å²) in [5, 5.41) is 8.69. The van der Waals surface area contributed by atoms with E-state index < -0.39 is 18.1 Å². The number of alkyl halides is 2. The summed E-state index contributed by atoms with van der Waals surface area (Å²) in [4.78, 5) is 14.7. The Morgan fingerprint density at radius 3 is 2.59 bits per heavy atom. The third-order valence-corrected chi connectivity index (χ3v) is 1.94. The van der Waals surface area contributed by atoms with Gasteiger partial charge in [-0.2, -0.15) is 5.26 Å². The van der Waals surface area contributed by atoms with Gasteiger partial charge < -0.3 is 9.47 Å². The Morgan fingerprint density at radius 1 is 1.53 bits per heavy atom. The fourth-order valence-electron chi connectivity index (χ4n) is 1.18. The number of halogens is 2. The van der Waals surface area contributed by atoms with E-state index in [1.807, 2.05) is 0 Å². The number of rotatable bonds is 3. The summed E-state index contributed by atoms with van der Waals surface area (Å²) in [6.07, 6.45) is -2.93. The molecule has 0 amide bonds. The van der Waals surface area contributed by atoms with Crippen molar-refractivity contribution in [1.29, 1.82) is 5.26 Å². The van der Waals surface area contributed by atoms with Crippen LogP contribution in [0.1, 0.15) is 28.0 Å². The SMILES string of the molecule is COC(=O)c1cc(C#N)c(C(F)F)nc1OC. The molecule has 0 aliphatic carbocycles. The van der Waals surface area contributed by atoms with Crippen molar-refractivity contribution in [2.24, 2.45) is 0 Å². The summed E-state index contributed by atoms with van der Waals surface area (Å²) in [5.41, 5.74) is -1.28. The third kappa shape index (κ3) is 2.47. The van der Waals surface area contributed by atoms with E-state index in [-0.39, 0.29) is 17.0 Å². The maximum Gasteiger partial charge on any atom is 0.343 e. The Hall–Kier alpha value is -2.23. The van der Waals surface area contributed by atoms with Gasteiger partial charge in [-0.15, -0.1) is 0 Å². The van der Waals surface area contributed by atoms with Crippen molar-refractivity contribution in [2.75, 3.05) is 14.2 Å². The number of ether oxygens (including phenoxy) is 2. The first kappa shape index (κ1) is 12.8. The van der Waals surface area contributed by atoms with Crippen molar-refractivity contribution in [3.8, 4) is 11.9 Å². The summed E-state index contributed by atoms with van der Waals surface area (Å²) < 4.78 is 34.2. The van der Waals surface area contributed by atoms with Gasteiger partial charge in [0.15, 0.2) is 0 Å². The molecule has 5 nitrogen and oxygen atoms in total. The van der Waals surface area contributed by atoms with E-state index in [0.29, 0.717) is 0 Å². The maximum atomic E-state index is 12.6. The molecule has 0 atom stereocenters.